The Morgan fingerprint density at radius 2 is 1.97 bits per heavy atom. The lowest BCUT2D eigenvalue weighted by Crippen LogP contribution is -2.44. The van der Waals surface area contributed by atoms with Crippen LogP contribution in [0.3, 0.4) is 0 Å². The lowest BCUT2D eigenvalue weighted by atomic mass is 9.78. The van der Waals surface area contributed by atoms with Crippen molar-refractivity contribution in [2.75, 3.05) is 6.54 Å². The van der Waals surface area contributed by atoms with Crippen molar-refractivity contribution in [1.29, 1.82) is 0 Å². The Kier molecular flexibility index (Phi) is 6.57. The van der Waals surface area contributed by atoms with Crippen molar-refractivity contribution in [2.45, 2.75) is 70.9 Å². The van der Waals surface area contributed by atoms with E-state index in [4.69, 9.17) is 4.52 Å². The van der Waals surface area contributed by atoms with Gasteiger partial charge in [-0.25, -0.2) is 9.98 Å². The molecule has 37 heavy (non-hydrogen) atoms. The number of thiazole rings is 1. The first-order valence-corrected chi connectivity index (χ1v) is 13.4. The van der Waals surface area contributed by atoms with Crippen molar-refractivity contribution in [3.8, 4) is 10.4 Å². The molecule has 0 aliphatic carbocycles. The van der Waals surface area contributed by atoms with Gasteiger partial charge in [0.15, 0.2) is 5.82 Å². The van der Waals surface area contributed by atoms with Gasteiger partial charge in [-0.2, -0.15) is 4.98 Å². The molecule has 2 aliphatic heterocycles. The molecule has 2 amide bonds. The van der Waals surface area contributed by atoms with Gasteiger partial charge < -0.3 is 14.5 Å². The molecule has 10 heteroatoms. The van der Waals surface area contributed by atoms with E-state index in [9.17, 15) is 14.7 Å². The third-order valence-corrected chi connectivity index (χ3v) is 8.45. The number of aryl methyl sites for hydroxylation is 2. The minimum absolute atomic E-state index is 0.0937. The predicted molar refractivity (Wildman–Crippen MR) is 139 cm³/mol. The first kappa shape index (κ1) is 25.4. The van der Waals surface area contributed by atoms with Crippen LogP contribution in [0.5, 0.6) is 0 Å². The second kappa shape index (κ2) is 9.57. The summed E-state index contributed by atoms with van der Waals surface area (Å²) in [7, 11) is 0. The average molecular weight is 522 g/mol. The molecule has 1 fully saturated rings. The van der Waals surface area contributed by atoms with Crippen LogP contribution < -0.4 is 0 Å². The molecule has 1 aromatic carbocycles. The van der Waals surface area contributed by atoms with Gasteiger partial charge >= 0.3 is 0 Å². The summed E-state index contributed by atoms with van der Waals surface area (Å²) in [5.74, 6) is -0.434. The first-order valence-electron chi connectivity index (χ1n) is 12.5. The number of carbonyl (C=O) groups excluding carboxylic acids is 2. The predicted octanol–water partition coefficient (Wildman–Crippen LogP) is 3.84. The van der Waals surface area contributed by atoms with Crippen molar-refractivity contribution in [1.82, 2.24) is 20.0 Å². The molecule has 0 spiro atoms. The fourth-order valence-corrected chi connectivity index (χ4v) is 6.20. The zero-order valence-electron chi connectivity index (χ0n) is 21.6. The highest BCUT2D eigenvalue weighted by Crippen LogP contribution is 2.39. The van der Waals surface area contributed by atoms with Gasteiger partial charge in [0, 0.05) is 25.1 Å². The molecule has 0 bridgehead atoms. The van der Waals surface area contributed by atoms with Crippen LogP contribution >= 0.6 is 11.3 Å². The number of amides is 2. The molecule has 9 nitrogen and oxygen atoms in total. The number of aromatic nitrogens is 3. The number of aliphatic hydroxyl groups excluding tert-OH is 1. The number of rotatable bonds is 6. The molecule has 0 saturated carbocycles. The Labute approximate surface area is 219 Å². The smallest absolute Gasteiger partial charge is 0.256 e. The number of β-amino-alcohol motifs (C(OH)–C–C–N with tert-alkyl or cyclic N) is 1. The van der Waals surface area contributed by atoms with Gasteiger partial charge in [0.1, 0.15) is 5.92 Å². The zero-order valence-corrected chi connectivity index (χ0v) is 22.5. The maximum Gasteiger partial charge on any atom is 0.256 e. The molecule has 3 aromatic rings. The lowest BCUT2D eigenvalue weighted by Gasteiger charge is -2.30. The van der Waals surface area contributed by atoms with Crippen LogP contribution in [0.25, 0.3) is 10.4 Å². The number of likely N-dealkylation sites (tertiary alicyclic amines) is 1. The fraction of sp³-hybridized carbons (Fsp3) is 0.481. The van der Waals surface area contributed by atoms with Crippen molar-refractivity contribution >= 4 is 28.9 Å². The Balaban J connectivity index is 1.39. The van der Waals surface area contributed by atoms with E-state index < -0.39 is 23.5 Å². The van der Waals surface area contributed by atoms with Gasteiger partial charge in [0.25, 0.3) is 5.91 Å². The Hall–Kier alpha value is -3.24. The third kappa shape index (κ3) is 4.53. The summed E-state index contributed by atoms with van der Waals surface area (Å²) < 4.78 is 5.35. The van der Waals surface area contributed by atoms with Crippen molar-refractivity contribution in [3.63, 3.8) is 0 Å². The van der Waals surface area contributed by atoms with Gasteiger partial charge in [-0.05, 0) is 37.8 Å². The third-order valence-electron chi connectivity index (χ3n) is 7.47. The monoisotopic (exact) mass is 521 g/mol. The van der Waals surface area contributed by atoms with E-state index in [0.717, 1.165) is 21.7 Å². The molecule has 2 aromatic heterocycles. The van der Waals surface area contributed by atoms with E-state index in [1.54, 1.807) is 23.2 Å². The highest BCUT2D eigenvalue weighted by molar-refractivity contribution is 7.13. The minimum atomic E-state index is -0.833. The molecule has 4 heterocycles. The summed E-state index contributed by atoms with van der Waals surface area (Å²) in [6, 6.07) is 7.52. The van der Waals surface area contributed by atoms with E-state index in [-0.39, 0.29) is 30.2 Å². The van der Waals surface area contributed by atoms with Gasteiger partial charge in [-0.3, -0.25) is 9.59 Å². The van der Waals surface area contributed by atoms with Crippen LogP contribution in [-0.2, 0) is 15.0 Å². The summed E-state index contributed by atoms with van der Waals surface area (Å²) in [5, 5.41) is 14.4. The molecule has 5 rings (SSSR count). The minimum Gasteiger partial charge on any atom is -0.391 e. The topological polar surface area (TPSA) is 122 Å². The molecular weight excluding hydrogens is 490 g/mol. The van der Waals surface area contributed by atoms with Crippen LogP contribution in [-0.4, -0.2) is 61.3 Å². The Morgan fingerprint density at radius 1 is 1.24 bits per heavy atom. The molecule has 2 aliphatic rings. The van der Waals surface area contributed by atoms with Crippen LogP contribution in [0.2, 0.25) is 0 Å². The quantitative estimate of drug-likeness (QED) is 0.523. The largest absolute Gasteiger partial charge is 0.391 e. The van der Waals surface area contributed by atoms with Gasteiger partial charge in [-0.1, -0.05) is 43.3 Å². The van der Waals surface area contributed by atoms with Crippen LogP contribution in [0.1, 0.15) is 62.5 Å². The van der Waals surface area contributed by atoms with E-state index in [0.29, 0.717) is 24.4 Å². The standard InChI is InChI=1S/C27H31N5O4S/c1-14(2)22(24-29-16(4)31-36-24)25(34)32-12-19(33)10-21(32)20-11-27(5,26(35)30-20)18-8-6-17(7-9-18)23-15(3)28-13-37-23/h6-9,13-14,19,21-22,33H,10-12H2,1-5H3/t19-,21+,22+,27+/m1/s1. The SMILES string of the molecule is Cc1noc([C@@H](C(=O)N2C[C@H](O)C[C@H]2C2=NC(=O)[C@](C)(c3ccc(-c4scnc4C)cc3)C2)C(C)C)n1. The van der Waals surface area contributed by atoms with Gasteiger partial charge in [-0.15, -0.1) is 11.3 Å². The molecule has 1 N–H and O–H groups in total. The van der Waals surface area contributed by atoms with E-state index >= 15 is 0 Å². The Morgan fingerprint density at radius 3 is 2.57 bits per heavy atom. The first-order chi connectivity index (χ1) is 17.6. The van der Waals surface area contributed by atoms with E-state index in [2.05, 4.69) is 20.1 Å². The Bertz CT molecular complexity index is 1360. The number of aliphatic imine (C=N–C) groups is 1. The number of nitrogens with zero attached hydrogens (tertiary/aromatic N) is 5. The summed E-state index contributed by atoms with van der Waals surface area (Å²) in [4.78, 5) is 42.8. The van der Waals surface area contributed by atoms with E-state index in [1.807, 2.05) is 57.5 Å². The van der Waals surface area contributed by atoms with Gasteiger partial charge in [0.05, 0.1) is 33.6 Å². The zero-order chi connectivity index (χ0) is 26.5. The summed E-state index contributed by atoms with van der Waals surface area (Å²) >= 11 is 1.59. The van der Waals surface area contributed by atoms with Gasteiger partial charge in [0.2, 0.25) is 11.8 Å². The molecule has 0 radical (unpaired) electrons. The van der Waals surface area contributed by atoms with Crippen molar-refractivity contribution in [2.24, 2.45) is 10.9 Å². The highest BCUT2D eigenvalue weighted by atomic mass is 32.1. The number of aliphatic hydroxyl groups is 1. The molecular formula is C27H31N5O4S. The molecule has 0 unspecified atom stereocenters. The molecule has 194 valence electrons. The van der Waals surface area contributed by atoms with E-state index in [1.165, 1.54) is 0 Å². The maximum absolute atomic E-state index is 13.7. The fourth-order valence-electron chi connectivity index (χ4n) is 5.38. The summed E-state index contributed by atoms with van der Waals surface area (Å²) in [6.45, 7) is 9.61. The number of hydrogen-bond donors (Lipinski definition) is 1. The lowest BCUT2D eigenvalue weighted by molar-refractivity contribution is -0.134. The average Bonchev–Trinajstić information content (AvgIpc) is 3.62. The highest BCUT2D eigenvalue weighted by Gasteiger charge is 2.48. The van der Waals surface area contributed by atoms with Crippen molar-refractivity contribution < 1.29 is 19.2 Å². The number of benzene rings is 1. The number of carbonyl (C=O) groups is 2. The number of hydrogen-bond acceptors (Lipinski definition) is 8. The van der Waals surface area contributed by atoms with Crippen LogP contribution in [0, 0.1) is 19.8 Å². The molecule has 1 saturated heterocycles. The van der Waals surface area contributed by atoms with Crippen molar-refractivity contribution in [3.05, 3.63) is 52.7 Å². The maximum atomic E-state index is 13.7. The second-order valence-electron chi connectivity index (χ2n) is 10.6. The van der Waals surface area contributed by atoms with Crippen LogP contribution in [0.15, 0.2) is 39.3 Å². The normalized spacial score (nSPS) is 24.7. The second-order valence-corrected chi connectivity index (χ2v) is 11.4. The molecule has 4 atom stereocenters. The summed E-state index contributed by atoms with van der Waals surface area (Å²) in [6.07, 6.45) is 0.0288. The summed E-state index contributed by atoms with van der Waals surface area (Å²) in [5.41, 5.74) is 4.54. The van der Waals surface area contributed by atoms with Crippen LogP contribution in [0.4, 0.5) is 0 Å².